The molecule has 32 heavy (non-hydrogen) atoms. The maximum atomic E-state index is 12.7. The van der Waals surface area contributed by atoms with E-state index in [4.69, 9.17) is 19.3 Å². The Labute approximate surface area is 183 Å². The van der Waals surface area contributed by atoms with Gasteiger partial charge < -0.3 is 24.4 Å². The van der Waals surface area contributed by atoms with Gasteiger partial charge in [-0.05, 0) is 34.9 Å². The molecule has 0 fully saturated rings. The number of hydrogen-bond donors (Lipinski definition) is 2. The SMILES string of the molecule is O=C(O)COc1ccccc1[C@@H]1c2ccccc2[C@H](c2ccc3c(c2)OCO3)[C@H]1C(=O)O. The van der Waals surface area contributed by atoms with Crippen LogP contribution in [-0.2, 0) is 9.59 Å². The van der Waals surface area contributed by atoms with E-state index >= 15 is 0 Å². The standard InChI is InChI=1S/C25H20O7/c26-21(27)12-30-18-8-4-3-7-17(18)23-16-6-2-1-5-15(16)22(24(23)25(28)29)14-9-10-19-20(11-14)32-13-31-19/h1-11,22-24H,12-13H2,(H,26,27)(H,28,29)/t22-,23-,24+/m0/s1. The van der Waals surface area contributed by atoms with Crippen molar-refractivity contribution in [2.75, 3.05) is 13.4 Å². The third-order valence-electron chi connectivity index (χ3n) is 6.03. The van der Waals surface area contributed by atoms with Gasteiger partial charge in [-0.3, -0.25) is 4.79 Å². The molecular weight excluding hydrogens is 412 g/mol. The number of aliphatic carboxylic acids is 2. The van der Waals surface area contributed by atoms with Crippen LogP contribution in [0.15, 0.2) is 66.7 Å². The first-order valence-electron chi connectivity index (χ1n) is 10.2. The van der Waals surface area contributed by atoms with Gasteiger partial charge in [0.1, 0.15) is 5.75 Å². The maximum absolute atomic E-state index is 12.7. The van der Waals surface area contributed by atoms with E-state index in [9.17, 15) is 14.7 Å². The number of ether oxygens (including phenoxy) is 3. The Morgan fingerprint density at radius 2 is 1.50 bits per heavy atom. The second kappa shape index (κ2) is 7.92. The lowest BCUT2D eigenvalue weighted by Gasteiger charge is -2.24. The van der Waals surface area contributed by atoms with Gasteiger partial charge in [0.2, 0.25) is 6.79 Å². The number of carboxylic acid groups (broad SMARTS) is 2. The van der Waals surface area contributed by atoms with Gasteiger partial charge in [-0.15, -0.1) is 0 Å². The highest BCUT2D eigenvalue weighted by atomic mass is 16.7. The molecule has 3 aromatic carbocycles. The summed E-state index contributed by atoms with van der Waals surface area (Å²) in [5, 5.41) is 19.4. The minimum absolute atomic E-state index is 0.138. The van der Waals surface area contributed by atoms with Gasteiger partial charge in [-0.1, -0.05) is 48.5 Å². The Balaban J connectivity index is 1.65. The van der Waals surface area contributed by atoms with Crippen molar-refractivity contribution in [1.29, 1.82) is 0 Å². The van der Waals surface area contributed by atoms with E-state index in [1.54, 1.807) is 30.3 Å². The summed E-state index contributed by atoms with van der Waals surface area (Å²) in [4.78, 5) is 23.7. The van der Waals surface area contributed by atoms with Crippen molar-refractivity contribution in [3.63, 3.8) is 0 Å². The summed E-state index contributed by atoms with van der Waals surface area (Å²) >= 11 is 0. The van der Waals surface area contributed by atoms with Crippen LogP contribution in [0.2, 0.25) is 0 Å². The van der Waals surface area contributed by atoms with Crippen LogP contribution in [0, 0.1) is 5.92 Å². The number of carboxylic acids is 2. The molecular formula is C25H20O7. The predicted molar refractivity (Wildman–Crippen MR) is 113 cm³/mol. The number of para-hydroxylation sites is 1. The first-order valence-corrected chi connectivity index (χ1v) is 10.2. The third kappa shape index (κ3) is 3.32. The van der Waals surface area contributed by atoms with Crippen LogP contribution in [0.5, 0.6) is 17.2 Å². The fourth-order valence-electron chi connectivity index (χ4n) is 4.80. The third-order valence-corrected chi connectivity index (χ3v) is 6.03. The van der Waals surface area contributed by atoms with Crippen molar-refractivity contribution in [1.82, 2.24) is 0 Å². The van der Waals surface area contributed by atoms with Gasteiger partial charge in [0, 0.05) is 17.4 Å². The lowest BCUT2D eigenvalue weighted by Crippen LogP contribution is -2.24. The molecule has 0 aromatic heterocycles. The number of carbonyl (C=O) groups is 2. The zero-order chi connectivity index (χ0) is 22.2. The zero-order valence-corrected chi connectivity index (χ0v) is 16.9. The lowest BCUT2D eigenvalue weighted by molar-refractivity contribution is -0.142. The highest BCUT2D eigenvalue weighted by Crippen LogP contribution is 2.54. The van der Waals surface area contributed by atoms with E-state index in [1.165, 1.54) is 0 Å². The summed E-state index contributed by atoms with van der Waals surface area (Å²) in [6.45, 7) is -0.367. The summed E-state index contributed by atoms with van der Waals surface area (Å²) in [5.41, 5.74) is 3.27. The Kier molecular flexibility index (Phi) is 4.93. The van der Waals surface area contributed by atoms with E-state index in [-0.39, 0.29) is 6.79 Å². The lowest BCUT2D eigenvalue weighted by atomic mass is 9.79. The first-order chi connectivity index (χ1) is 15.5. The molecule has 5 rings (SSSR count). The van der Waals surface area contributed by atoms with Crippen molar-refractivity contribution in [3.8, 4) is 17.2 Å². The van der Waals surface area contributed by atoms with Gasteiger partial charge in [0.15, 0.2) is 18.1 Å². The molecule has 0 bridgehead atoms. The smallest absolute Gasteiger partial charge is 0.341 e. The molecule has 0 radical (unpaired) electrons. The molecule has 7 heteroatoms. The van der Waals surface area contributed by atoms with Crippen molar-refractivity contribution in [2.45, 2.75) is 11.8 Å². The summed E-state index contributed by atoms with van der Waals surface area (Å²) in [6, 6.07) is 20.2. The molecule has 0 saturated heterocycles. The van der Waals surface area contributed by atoms with Crippen molar-refractivity contribution in [2.24, 2.45) is 5.92 Å². The zero-order valence-electron chi connectivity index (χ0n) is 16.9. The molecule has 1 heterocycles. The number of rotatable bonds is 6. The normalized spacial score (nSPS) is 20.6. The highest BCUT2D eigenvalue weighted by Gasteiger charge is 2.47. The van der Waals surface area contributed by atoms with Gasteiger partial charge in [0.25, 0.3) is 0 Å². The molecule has 2 N–H and O–H groups in total. The van der Waals surface area contributed by atoms with Crippen LogP contribution < -0.4 is 14.2 Å². The molecule has 0 spiro atoms. The molecule has 3 aromatic rings. The number of benzene rings is 3. The average molecular weight is 432 g/mol. The molecule has 0 saturated carbocycles. The van der Waals surface area contributed by atoms with Crippen LogP contribution in [0.3, 0.4) is 0 Å². The van der Waals surface area contributed by atoms with E-state index < -0.39 is 36.3 Å². The average Bonchev–Trinajstić information content (AvgIpc) is 3.39. The van der Waals surface area contributed by atoms with Gasteiger partial charge >= 0.3 is 11.9 Å². The quantitative estimate of drug-likeness (QED) is 0.610. The van der Waals surface area contributed by atoms with Crippen molar-refractivity contribution >= 4 is 11.9 Å². The summed E-state index contributed by atoms with van der Waals surface area (Å²) in [7, 11) is 0. The molecule has 162 valence electrons. The minimum Gasteiger partial charge on any atom is -0.482 e. The fraction of sp³-hybridized carbons (Fsp3) is 0.200. The second-order valence-corrected chi connectivity index (χ2v) is 7.78. The second-order valence-electron chi connectivity index (χ2n) is 7.78. The van der Waals surface area contributed by atoms with Crippen LogP contribution >= 0.6 is 0 Å². The Morgan fingerprint density at radius 1 is 0.844 bits per heavy atom. The van der Waals surface area contributed by atoms with Crippen molar-refractivity contribution in [3.05, 3.63) is 89.0 Å². The van der Waals surface area contributed by atoms with Crippen LogP contribution in [0.4, 0.5) is 0 Å². The van der Waals surface area contributed by atoms with Crippen LogP contribution in [0.25, 0.3) is 0 Å². The minimum atomic E-state index is -1.10. The van der Waals surface area contributed by atoms with E-state index in [2.05, 4.69) is 0 Å². The van der Waals surface area contributed by atoms with Crippen LogP contribution in [-0.4, -0.2) is 35.6 Å². The van der Waals surface area contributed by atoms with Crippen molar-refractivity contribution < 1.29 is 34.0 Å². The van der Waals surface area contributed by atoms with E-state index in [0.29, 0.717) is 22.8 Å². The fourth-order valence-corrected chi connectivity index (χ4v) is 4.80. The summed E-state index contributed by atoms with van der Waals surface area (Å²) < 4.78 is 16.5. The topological polar surface area (TPSA) is 102 Å². The Morgan fingerprint density at radius 3 is 2.22 bits per heavy atom. The number of fused-ring (bicyclic) bond motifs is 2. The Bertz CT molecular complexity index is 1200. The summed E-state index contributed by atoms with van der Waals surface area (Å²) in [5.74, 6) is -2.19. The van der Waals surface area contributed by atoms with Gasteiger partial charge in [0.05, 0.1) is 5.92 Å². The van der Waals surface area contributed by atoms with Crippen LogP contribution in [0.1, 0.15) is 34.1 Å². The first kappa shape index (κ1) is 19.9. The van der Waals surface area contributed by atoms with E-state index in [1.807, 2.05) is 36.4 Å². The van der Waals surface area contributed by atoms with Gasteiger partial charge in [-0.25, -0.2) is 4.79 Å². The summed E-state index contributed by atoms with van der Waals surface area (Å²) in [6.07, 6.45) is 0. The monoisotopic (exact) mass is 432 g/mol. The molecule has 7 nitrogen and oxygen atoms in total. The Hall–Kier alpha value is -4.00. The highest BCUT2D eigenvalue weighted by molar-refractivity contribution is 5.78. The maximum Gasteiger partial charge on any atom is 0.341 e. The molecule has 0 amide bonds. The molecule has 0 unspecified atom stereocenters. The molecule has 3 atom stereocenters. The molecule has 1 aliphatic heterocycles. The molecule has 2 aliphatic rings. The largest absolute Gasteiger partial charge is 0.482 e. The number of hydrogen-bond acceptors (Lipinski definition) is 5. The van der Waals surface area contributed by atoms with E-state index in [0.717, 1.165) is 16.7 Å². The molecule has 1 aliphatic carbocycles. The predicted octanol–water partition coefficient (Wildman–Crippen LogP) is 3.86. The van der Waals surface area contributed by atoms with Gasteiger partial charge in [-0.2, -0.15) is 0 Å².